The van der Waals surface area contributed by atoms with Gasteiger partial charge in [-0.15, -0.1) is 0 Å². The number of aliphatic hydroxyl groups excluding tert-OH is 1. The fourth-order valence-corrected chi connectivity index (χ4v) is 2.35. The van der Waals surface area contributed by atoms with Gasteiger partial charge in [0.1, 0.15) is 6.04 Å². The third kappa shape index (κ3) is 6.81. The van der Waals surface area contributed by atoms with E-state index in [4.69, 9.17) is 10.8 Å². The van der Waals surface area contributed by atoms with Gasteiger partial charge in [0.15, 0.2) is 6.04 Å². The second kappa shape index (κ2) is 9.88. The van der Waals surface area contributed by atoms with E-state index in [0.29, 0.717) is 12.1 Å². The number of nitrogens with zero attached hydrogens (tertiary/aromatic N) is 1. The van der Waals surface area contributed by atoms with E-state index in [9.17, 15) is 19.5 Å². The fourth-order valence-electron chi connectivity index (χ4n) is 2.35. The first-order valence-corrected chi connectivity index (χ1v) is 8.36. The van der Waals surface area contributed by atoms with Crippen LogP contribution in [0, 0.1) is 5.92 Å². The maximum atomic E-state index is 12.4. The van der Waals surface area contributed by atoms with Gasteiger partial charge in [-0.2, -0.15) is 0 Å². The Morgan fingerprint density at radius 1 is 1.23 bits per heavy atom. The van der Waals surface area contributed by atoms with E-state index < -0.39 is 42.0 Å². The molecule has 0 aliphatic heterocycles. The van der Waals surface area contributed by atoms with Crippen LogP contribution in [0.25, 0.3) is 0 Å². The second-order valence-electron chi connectivity index (χ2n) is 6.64. The minimum atomic E-state index is -1.47. The number of carboxylic acid groups (broad SMARTS) is 1. The van der Waals surface area contributed by atoms with Crippen molar-refractivity contribution < 1.29 is 24.6 Å². The molecule has 0 radical (unpaired) electrons. The average Bonchev–Trinajstić information content (AvgIpc) is 3.03. The summed E-state index contributed by atoms with van der Waals surface area (Å²) in [5.41, 5.74) is 6.54. The van der Waals surface area contributed by atoms with Gasteiger partial charge in [-0.05, 0) is 19.3 Å². The smallest absolute Gasteiger partial charge is 0.328 e. The van der Waals surface area contributed by atoms with Crippen LogP contribution in [0.4, 0.5) is 0 Å². The van der Waals surface area contributed by atoms with Crippen molar-refractivity contribution in [1.82, 2.24) is 20.6 Å². The number of hydrogen-bond acceptors (Lipinski definition) is 6. The first-order valence-electron chi connectivity index (χ1n) is 8.36. The van der Waals surface area contributed by atoms with Crippen LogP contribution in [0.5, 0.6) is 0 Å². The topological polar surface area (TPSA) is 170 Å². The van der Waals surface area contributed by atoms with Gasteiger partial charge in [0.2, 0.25) is 11.8 Å². The number of carbonyl (C=O) groups excluding carboxylic acids is 2. The monoisotopic (exact) mass is 369 g/mol. The molecule has 26 heavy (non-hydrogen) atoms. The Morgan fingerprint density at radius 3 is 2.35 bits per heavy atom. The molecule has 1 rings (SSSR count). The van der Waals surface area contributed by atoms with Gasteiger partial charge in [-0.25, -0.2) is 9.78 Å². The minimum absolute atomic E-state index is 0.0599. The summed E-state index contributed by atoms with van der Waals surface area (Å²) >= 11 is 0. The fraction of sp³-hybridized carbons (Fsp3) is 0.625. The number of carbonyl (C=O) groups is 3. The molecule has 2 amide bonds. The predicted octanol–water partition coefficient (Wildman–Crippen LogP) is -1.24. The van der Waals surface area contributed by atoms with Gasteiger partial charge >= 0.3 is 5.97 Å². The summed E-state index contributed by atoms with van der Waals surface area (Å²) in [5, 5.41) is 23.4. The van der Waals surface area contributed by atoms with Crippen molar-refractivity contribution in [3.05, 3.63) is 18.2 Å². The zero-order chi connectivity index (χ0) is 19.9. The van der Waals surface area contributed by atoms with E-state index >= 15 is 0 Å². The highest BCUT2D eigenvalue weighted by molar-refractivity contribution is 5.92. The number of nitrogens with two attached hydrogens (primary N) is 1. The number of aliphatic hydroxyl groups is 1. The number of imidazole rings is 1. The van der Waals surface area contributed by atoms with Crippen molar-refractivity contribution in [3.63, 3.8) is 0 Å². The van der Waals surface area contributed by atoms with Crippen LogP contribution in [-0.4, -0.2) is 62.2 Å². The number of rotatable bonds is 10. The highest BCUT2D eigenvalue weighted by atomic mass is 16.4. The Bertz CT molecular complexity index is 602. The highest BCUT2D eigenvalue weighted by Crippen LogP contribution is 2.07. The summed E-state index contributed by atoms with van der Waals surface area (Å²) in [7, 11) is 0. The molecule has 0 spiro atoms. The molecule has 1 aromatic rings. The Morgan fingerprint density at radius 2 is 1.88 bits per heavy atom. The summed E-state index contributed by atoms with van der Waals surface area (Å²) in [5.74, 6) is -2.53. The summed E-state index contributed by atoms with van der Waals surface area (Å²) in [6.45, 7) is 4.98. The Labute approximate surface area is 151 Å². The zero-order valence-corrected chi connectivity index (χ0v) is 15.1. The second-order valence-corrected chi connectivity index (χ2v) is 6.64. The lowest BCUT2D eigenvalue weighted by Crippen LogP contribution is -2.57. The number of amides is 2. The highest BCUT2D eigenvalue weighted by Gasteiger charge is 2.30. The molecule has 0 saturated heterocycles. The van der Waals surface area contributed by atoms with Crippen LogP contribution < -0.4 is 16.4 Å². The van der Waals surface area contributed by atoms with Crippen LogP contribution in [0.15, 0.2) is 12.5 Å². The van der Waals surface area contributed by atoms with E-state index in [-0.39, 0.29) is 12.3 Å². The van der Waals surface area contributed by atoms with Crippen molar-refractivity contribution >= 4 is 17.8 Å². The summed E-state index contributed by atoms with van der Waals surface area (Å²) in [6, 6.07) is -3.33. The van der Waals surface area contributed by atoms with Crippen molar-refractivity contribution in [2.75, 3.05) is 0 Å². The number of carboxylic acids is 1. The lowest BCUT2D eigenvalue weighted by atomic mass is 10.0. The van der Waals surface area contributed by atoms with Gasteiger partial charge in [0.05, 0.1) is 18.5 Å². The third-order valence-corrected chi connectivity index (χ3v) is 3.72. The molecule has 0 aliphatic rings. The van der Waals surface area contributed by atoms with E-state index in [1.165, 1.54) is 13.3 Å². The first-order chi connectivity index (χ1) is 12.1. The van der Waals surface area contributed by atoms with Crippen LogP contribution in [0.1, 0.15) is 32.9 Å². The molecule has 4 atom stereocenters. The molecule has 146 valence electrons. The van der Waals surface area contributed by atoms with Crippen LogP contribution >= 0.6 is 0 Å². The molecular weight excluding hydrogens is 342 g/mol. The number of aromatic amines is 1. The van der Waals surface area contributed by atoms with E-state index in [1.54, 1.807) is 6.20 Å². The summed E-state index contributed by atoms with van der Waals surface area (Å²) in [6.07, 6.45) is 2.24. The van der Waals surface area contributed by atoms with Gasteiger partial charge in [0, 0.05) is 18.3 Å². The summed E-state index contributed by atoms with van der Waals surface area (Å²) in [4.78, 5) is 42.5. The predicted molar refractivity (Wildman–Crippen MR) is 92.9 cm³/mol. The van der Waals surface area contributed by atoms with Crippen molar-refractivity contribution in [3.8, 4) is 0 Å². The van der Waals surface area contributed by atoms with Crippen molar-refractivity contribution in [2.24, 2.45) is 11.7 Å². The molecule has 0 fully saturated rings. The van der Waals surface area contributed by atoms with E-state index in [0.717, 1.165) is 0 Å². The Kier molecular flexibility index (Phi) is 8.20. The molecule has 10 nitrogen and oxygen atoms in total. The number of hydrogen-bond donors (Lipinski definition) is 6. The lowest BCUT2D eigenvalue weighted by Gasteiger charge is -2.24. The molecule has 1 aromatic heterocycles. The minimum Gasteiger partial charge on any atom is -0.480 e. The maximum absolute atomic E-state index is 12.4. The maximum Gasteiger partial charge on any atom is 0.328 e. The largest absolute Gasteiger partial charge is 0.480 e. The molecule has 10 heteroatoms. The normalized spacial score (nSPS) is 15.8. The number of aromatic nitrogens is 2. The molecule has 0 aliphatic carbocycles. The molecule has 0 aromatic carbocycles. The summed E-state index contributed by atoms with van der Waals surface area (Å²) < 4.78 is 0. The van der Waals surface area contributed by atoms with Crippen LogP contribution in [0.2, 0.25) is 0 Å². The van der Waals surface area contributed by atoms with Crippen LogP contribution in [0.3, 0.4) is 0 Å². The van der Waals surface area contributed by atoms with Crippen molar-refractivity contribution in [1.29, 1.82) is 0 Å². The van der Waals surface area contributed by atoms with Crippen LogP contribution in [-0.2, 0) is 20.8 Å². The molecule has 7 N–H and O–H groups in total. The lowest BCUT2D eigenvalue weighted by molar-refractivity contribution is -0.145. The standard InChI is InChI=1S/C16H27N5O5/c1-8(2)4-12(15(24)21-13(9(3)22)16(25)26)20-14(23)11(17)5-10-6-18-7-19-10/h6-9,11-13,22H,4-5,17H2,1-3H3,(H,18,19)(H,20,23)(H,21,24)(H,25,26). The zero-order valence-electron chi connectivity index (χ0n) is 15.1. The SMILES string of the molecule is CC(C)CC(NC(=O)C(N)Cc1cnc[nH]1)C(=O)NC(C(=O)O)C(C)O. The number of H-pyrrole nitrogens is 1. The Balaban J connectivity index is 2.76. The van der Waals surface area contributed by atoms with Gasteiger partial charge in [-0.3, -0.25) is 9.59 Å². The Hall–Kier alpha value is -2.46. The van der Waals surface area contributed by atoms with E-state index in [1.807, 2.05) is 13.8 Å². The quantitative estimate of drug-likeness (QED) is 0.299. The van der Waals surface area contributed by atoms with Gasteiger partial charge in [0.25, 0.3) is 0 Å². The number of aliphatic carboxylic acids is 1. The first kappa shape index (κ1) is 21.6. The van der Waals surface area contributed by atoms with E-state index in [2.05, 4.69) is 20.6 Å². The van der Waals surface area contributed by atoms with Gasteiger partial charge in [-0.1, -0.05) is 13.8 Å². The molecular formula is C16H27N5O5. The molecule has 0 bridgehead atoms. The third-order valence-electron chi connectivity index (χ3n) is 3.72. The van der Waals surface area contributed by atoms with Gasteiger partial charge < -0.3 is 31.6 Å². The molecule has 0 saturated carbocycles. The number of nitrogens with one attached hydrogen (secondary N) is 3. The van der Waals surface area contributed by atoms with Crippen molar-refractivity contribution in [2.45, 2.75) is 57.8 Å². The molecule has 1 heterocycles. The molecule has 4 unspecified atom stereocenters. The average molecular weight is 369 g/mol.